The number of hydrogen-bond acceptors (Lipinski definition) is 2. The summed E-state index contributed by atoms with van der Waals surface area (Å²) in [6.45, 7) is 1.34. The van der Waals surface area contributed by atoms with Gasteiger partial charge in [-0.3, -0.25) is 4.79 Å². The number of urea groups is 1. The molecule has 1 heterocycles. The van der Waals surface area contributed by atoms with Crippen molar-refractivity contribution in [2.75, 3.05) is 19.6 Å². The second-order valence-electron chi connectivity index (χ2n) is 6.15. The number of carbonyl (C=O) groups is 2. The largest absolute Gasteiger partial charge is 0.481 e. The van der Waals surface area contributed by atoms with Crippen LogP contribution in [0.2, 0.25) is 5.02 Å². The number of carboxylic acids is 1. The molecule has 132 valence electrons. The number of halogens is 3. The van der Waals surface area contributed by atoms with Gasteiger partial charge in [0.15, 0.2) is 0 Å². The summed E-state index contributed by atoms with van der Waals surface area (Å²) in [4.78, 5) is 24.5. The lowest BCUT2D eigenvalue weighted by Gasteiger charge is -2.35. The third-order valence-electron chi connectivity index (χ3n) is 4.02. The summed E-state index contributed by atoms with van der Waals surface area (Å²) in [6.07, 6.45) is 0.472. The first kappa shape index (κ1) is 18.4. The van der Waals surface area contributed by atoms with Crippen molar-refractivity contribution in [3.63, 3.8) is 0 Å². The van der Waals surface area contributed by atoms with Gasteiger partial charge >= 0.3 is 12.0 Å². The summed E-state index contributed by atoms with van der Waals surface area (Å²) in [5.74, 6) is -4.89. The molecule has 1 aliphatic rings. The third-order valence-corrected chi connectivity index (χ3v) is 4.28. The zero-order chi connectivity index (χ0) is 17.9. The molecule has 2 unspecified atom stereocenters. The lowest BCUT2D eigenvalue weighted by molar-refractivity contribution is -0.143. The van der Waals surface area contributed by atoms with E-state index in [2.05, 4.69) is 5.32 Å². The summed E-state index contributed by atoms with van der Waals surface area (Å²) in [6, 6.07) is 4.45. The highest BCUT2D eigenvalue weighted by Crippen LogP contribution is 2.28. The maximum atomic E-state index is 14.1. The Labute approximate surface area is 143 Å². The van der Waals surface area contributed by atoms with Crippen molar-refractivity contribution in [1.82, 2.24) is 10.2 Å². The number of aliphatic carboxylic acids is 1. The van der Waals surface area contributed by atoms with Crippen LogP contribution in [0.5, 0.6) is 0 Å². The first-order valence-electron chi connectivity index (χ1n) is 7.58. The molecule has 24 heavy (non-hydrogen) atoms. The number of piperidine rings is 1. The molecule has 2 atom stereocenters. The molecule has 0 aliphatic carbocycles. The predicted molar refractivity (Wildman–Crippen MR) is 85.2 cm³/mol. The van der Waals surface area contributed by atoms with E-state index in [1.807, 2.05) is 6.92 Å². The van der Waals surface area contributed by atoms with Gasteiger partial charge in [-0.15, -0.1) is 0 Å². The standard InChI is InChI=1S/C16H19ClF2N2O3/c1-10-6-11(14(22)23)8-21(7-10)15(24)20-9-16(18,19)12-2-4-13(17)5-3-12/h2-5,10-11H,6-9H2,1H3,(H,20,24)(H,22,23). The average Bonchev–Trinajstić information content (AvgIpc) is 2.52. The number of hydrogen-bond donors (Lipinski definition) is 2. The Bertz CT molecular complexity index is 610. The summed E-state index contributed by atoms with van der Waals surface area (Å²) in [7, 11) is 0. The number of likely N-dealkylation sites (tertiary alicyclic amines) is 1. The number of amides is 2. The molecule has 1 aromatic rings. The van der Waals surface area contributed by atoms with E-state index in [0.717, 1.165) is 0 Å². The Balaban J connectivity index is 1.96. The first-order valence-corrected chi connectivity index (χ1v) is 7.96. The van der Waals surface area contributed by atoms with Gasteiger partial charge in [-0.2, -0.15) is 8.78 Å². The quantitative estimate of drug-likeness (QED) is 0.866. The minimum absolute atomic E-state index is 0.00220. The van der Waals surface area contributed by atoms with Crippen LogP contribution in [0.25, 0.3) is 0 Å². The molecule has 0 radical (unpaired) electrons. The Morgan fingerprint density at radius 2 is 1.96 bits per heavy atom. The maximum absolute atomic E-state index is 14.1. The molecule has 2 rings (SSSR count). The van der Waals surface area contributed by atoms with Gasteiger partial charge in [-0.25, -0.2) is 4.79 Å². The van der Waals surface area contributed by atoms with Crippen LogP contribution in [0.1, 0.15) is 18.9 Å². The Hall–Kier alpha value is -1.89. The van der Waals surface area contributed by atoms with Crippen LogP contribution in [0.4, 0.5) is 13.6 Å². The van der Waals surface area contributed by atoms with Crippen molar-refractivity contribution in [3.05, 3.63) is 34.9 Å². The fourth-order valence-electron chi connectivity index (χ4n) is 2.79. The van der Waals surface area contributed by atoms with Gasteiger partial charge in [0.25, 0.3) is 5.92 Å². The second-order valence-corrected chi connectivity index (χ2v) is 6.59. The zero-order valence-corrected chi connectivity index (χ0v) is 13.9. The number of carboxylic acid groups (broad SMARTS) is 1. The van der Waals surface area contributed by atoms with E-state index in [0.29, 0.717) is 18.0 Å². The monoisotopic (exact) mass is 360 g/mol. The van der Waals surface area contributed by atoms with Crippen molar-refractivity contribution in [2.45, 2.75) is 19.3 Å². The van der Waals surface area contributed by atoms with Crippen LogP contribution in [0.15, 0.2) is 24.3 Å². The molecule has 8 heteroatoms. The maximum Gasteiger partial charge on any atom is 0.317 e. The average molecular weight is 361 g/mol. The highest BCUT2D eigenvalue weighted by molar-refractivity contribution is 6.30. The van der Waals surface area contributed by atoms with Crippen LogP contribution in [0.3, 0.4) is 0 Å². The second kappa shape index (κ2) is 7.34. The summed E-state index contributed by atoms with van der Waals surface area (Å²) in [5, 5.41) is 11.6. The van der Waals surface area contributed by atoms with Crippen LogP contribution in [0, 0.1) is 11.8 Å². The van der Waals surface area contributed by atoms with Crippen molar-refractivity contribution in [2.24, 2.45) is 11.8 Å². The van der Waals surface area contributed by atoms with Crippen LogP contribution in [-0.4, -0.2) is 41.6 Å². The molecule has 0 saturated carbocycles. The van der Waals surface area contributed by atoms with E-state index in [-0.39, 0.29) is 18.0 Å². The number of rotatable bonds is 4. The van der Waals surface area contributed by atoms with Crippen molar-refractivity contribution in [3.8, 4) is 0 Å². The summed E-state index contributed by atoms with van der Waals surface area (Å²) >= 11 is 5.67. The molecule has 1 fully saturated rings. The highest BCUT2D eigenvalue weighted by Gasteiger charge is 2.35. The van der Waals surface area contributed by atoms with Gasteiger partial charge in [0.05, 0.1) is 12.5 Å². The van der Waals surface area contributed by atoms with Gasteiger partial charge in [0.1, 0.15) is 0 Å². The van der Waals surface area contributed by atoms with E-state index < -0.39 is 30.4 Å². The smallest absolute Gasteiger partial charge is 0.317 e. The lowest BCUT2D eigenvalue weighted by Crippen LogP contribution is -2.51. The molecule has 0 aromatic heterocycles. The Morgan fingerprint density at radius 3 is 2.54 bits per heavy atom. The SMILES string of the molecule is CC1CC(C(=O)O)CN(C(=O)NCC(F)(F)c2ccc(Cl)cc2)C1. The molecule has 0 bridgehead atoms. The molecule has 1 aliphatic heterocycles. The first-order chi connectivity index (χ1) is 11.2. The molecule has 2 N–H and O–H groups in total. The summed E-state index contributed by atoms with van der Waals surface area (Å²) in [5.41, 5.74) is -0.248. The fraction of sp³-hybridized carbons (Fsp3) is 0.500. The predicted octanol–water partition coefficient (Wildman–Crippen LogP) is 3.18. The fourth-order valence-corrected chi connectivity index (χ4v) is 2.92. The van der Waals surface area contributed by atoms with Crippen molar-refractivity contribution in [1.29, 1.82) is 0 Å². The van der Waals surface area contributed by atoms with Crippen LogP contribution >= 0.6 is 11.6 Å². The van der Waals surface area contributed by atoms with E-state index in [4.69, 9.17) is 16.7 Å². The number of alkyl halides is 2. The van der Waals surface area contributed by atoms with Crippen molar-refractivity contribution < 1.29 is 23.5 Å². The Morgan fingerprint density at radius 1 is 1.33 bits per heavy atom. The van der Waals surface area contributed by atoms with Crippen LogP contribution in [-0.2, 0) is 10.7 Å². The highest BCUT2D eigenvalue weighted by atomic mass is 35.5. The van der Waals surface area contributed by atoms with Crippen molar-refractivity contribution >= 4 is 23.6 Å². The van der Waals surface area contributed by atoms with Crippen LogP contribution < -0.4 is 5.32 Å². The van der Waals surface area contributed by atoms with E-state index in [1.54, 1.807) is 0 Å². The topological polar surface area (TPSA) is 69.6 Å². The molecule has 5 nitrogen and oxygen atoms in total. The number of carbonyl (C=O) groups excluding carboxylic acids is 1. The molecular formula is C16H19ClF2N2O3. The minimum Gasteiger partial charge on any atom is -0.481 e. The Kier molecular flexibility index (Phi) is 5.64. The molecule has 1 saturated heterocycles. The lowest BCUT2D eigenvalue weighted by atomic mass is 9.91. The van der Waals surface area contributed by atoms with E-state index in [1.165, 1.54) is 29.2 Å². The normalized spacial score (nSPS) is 21.4. The summed E-state index contributed by atoms with van der Waals surface area (Å²) < 4.78 is 28.3. The molecule has 0 spiro atoms. The van der Waals surface area contributed by atoms with Gasteiger partial charge < -0.3 is 15.3 Å². The van der Waals surface area contributed by atoms with Gasteiger partial charge in [-0.1, -0.05) is 30.7 Å². The van der Waals surface area contributed by atoms with E-state index in [9.17, 15) is 18.4 Å². The number of nitrogens with zero attached hydrogens (tertiary/aromatic N) is 1. The minimum atomic E-state index is -3.24. The number of benzene rings is 1. The number of nitrogens with one attached hydrogen (secondary N) is 1. The van der Waals surface area contributed by atoms with E-state index >= 15 is 0 Å². The molecule has 1 aromatic carbocycles. The van der Waals surface area contributed by atoms with Gasteiger partial charge in [0, 0.05) is 23.7 Å². The van der Waals surface area contributed by atoms with Gasteiger partial charge in [-0.05, 0) is 24.5 Å². The molecular weight excluding hydrogens is 342 g/mol. The van der Waals surface area contributed by atoms with Gasteiger partial charge in [0.2, 0.25) is 0 Å². The molecule has 2 amide bonds. The third kappa shape index (κ3) is 4.56. The zero-order valence-electron chi connectivity index (χ0n) is 13.1.